The molecule has 0 bridgehead atoms. The molecule has 0 saturated carbocycles. The Bertz CT molecular complexity index is 629. The van der Waals surface area contributed by atoms with E-state index in [1.54, 1.807) is 12.1 Å². The number of carboxylic acid groups (broad SMARTS) is 1. The highest BCUT2D eigenvalue weighted by Crippen LogP contribution is 2.38. The summed E-state index contributed by atoms with van der Waals surface area (Å²) in [5.74, 6) is -1.05. The summed E-state index contributed by atoms with van der Waals surface area (Å²) in [6.07, 6.45) is 1.89. The van der Waals surface area contributed by atoms with Gasteiger partial charge < -0.3 is 5.11 Å². The molecule has 1 fully saturated rings. The number of sulfonamides is 1. The number of carboxylic acids is 1. The van der Waals surface area contributed by atoms with Gasteiger partial charge in [-0.05, 0) is 43.5 Å². The topological polar surface area (TPSA) is 74.7 Å². The fourth-order valence-electron chi connectivity index (χ4n) is 2.92. The maximum atomic E-state index is 12.8. The van der Waals surface area contributed by atoms with E-state index >= 15 is 0 Å². The fourth-order valence-corrected chi connectivity index (χ4v) is 5.01. The van der Waals surface area contributed by atoms with Crippen LogP contribution in [-0.4, -0.2) is 35.9 Å². The number of halogens is 1. The van der Waals surface area contributed by atoms with Gasteiger partial charge in [-0.1, -0.05) is 29.3 Å². The number of carbonyl (C=O) groups is 1. The summed E-state index contributed by atoms with van der Waals surface area (Å²) >= 11 is 3.26. The van der Waals surface area contributed by atoms with Crippen LogP contribution in [0.25, 0.3) is 0 Å². The summed E-state index contributed by atoms with van der Waals surface area (Å²) in [6.45, 7) is 2.12. The van der Waals surface area contributed by atoms with E-state index in [4.69, 9.17) is 0 Å². The largest absolute Gasteiger partial charge is 0.480 e. The van der Waals surface area contributed by atoms with E-state index in [0.29, 0.717) is 25.7 Å². The van der Waals surface area contributed by atoms with Crippen molar-refractivity contribution in [1.82, 2.24) is 4.31 Å². The summed E-state index contributed by atoms with van der Waals surface area (Å²) < 4.78 is 27.5. The SMILES string of the molecule is CCCC1(C(=O)O)CCCN1S(=O)(=O)c1ccc(Br)cc1. The molecule has 5 nitrogen and oxygen atoms in total. The smallest absolute Gasteiger partial charge is 0.325 e. The predicted molar refractivity (Wildman–Crippen MR) is 82.5 cm³/mol. The van der Waals surface area contributed by atoms with Gasteiger partial charge in [-0.25, -0.2) is 8.42 Å². The second-order valence-corrected chi connectivity index (χ2v) is 8.00. The summed E-state index contributed by atoms with van der Waals surface area (Å²) in [5, 5.41) is 9.61. The highest BCUT2D eigenvalue weighted by atomic mass is 79.9. The van der Waals surface area contributed by atoms with Gasteiger partial charge in [0.15, 0.2) is 0 Å². The Morgan fingerprint density at radius 1 is 1.38 bits per heavy atom. The van der Waals surface area contributed by atoms with E-state index < -0.39 is 21.5 Å². The van der Waals surface area contributed by atoms with Crippen LogP contribution in [-0.2, 0) is 14.8 Å². The van der Waals surface area contributed by atoms with E-state index in [-0.39, 0.29) is 11.4 Å². The normalized spacial score (nSPS) is 23.3. The minimum atomic E-state index is -3.80. The van der Waals surface area contributed by atoms with Crippen molar-refractivity contribution in [3.63, 3.8) is 0 Å². The highest BCUT2D eigenvalue weighted by molar-refractivity contribution is 9.10. The van der Waals surface area contributed by atoms with Gasteiger partial charge >= 0.3 is 5.97 Å². The molecule has 21 heavy (non-hydrogen) atoms. The van der Waals surface area contributed by atoms with Crippen molar-refractivity contribution < 1.29 is 18.3 Å². The quantitative estimate of drug-likeness (QED) is 0.858. The van der Waals surface area contributed by atoms with Crippen molar-refractivity contribution >= 4 is 31.9 Å². The molecule has 1 aromatic carbocycles. The lowest BCUT2D eigenvalue weighted by molar-refractivity contribution is -0.147. The zero-order valence-electron chi connectivity index (χ0n) is 11.8. The maximum absolute atomic E-state index is 12.8. The lowest BCUT2D eigenvalue weighted by Gasteiger charge is -2.33. The molecule has 1 saturated heterocycles. The third-order valence-electron chi connectivity index (χ3n) is 3.89. The van der Waals surface area contributed by atoms with Gasteiger partial charge in [0, 0.05) is 11.0 Å². The Labute approximate surface area is 133 Å². The second-order valence-electron chi connectivity index (χ2n) is 5.22. The number of rotatable bonds is 5. The Kier molecular flexibility index (Phi) is 4.75. The van der Waals surface area contributed by atoms with E-state index in [9.17, 15) is 18.3 Å². The van der Waals surface area contributed by atoms with Crippen LogP contribution in [0.1, 0.15) is 32.6 Å². The van der Waals surface area contributed by atoms with Crippen molar-refractivity contribution in [3.05, 3.63) is 28.7 Å². The molecular weight excluding hydrogens is 358 g/mol. The first-order valence-corrected chi connectivity index (χ1v) is 9.10. The van der Waals surface area contributed by atoms with E-state index in [2.05, 4.69) is 15.9 Å². The molecule has 1 aliphatic rings. The summed E-state index contributed by atoms with van der Waals surface area (Å²) in [6, 6.07) is 6.28. The molecule has 7 heteroatoms. The zero-order chi connectivity index (χ0) is 15.7. The molecule has 1 N–H and O–H groups in total. The summed E-state index contributed by atoms with van der Waals surface area (Å²) in [4.78, 5) is 11.9. The van der Waals surface area contributed by atoms with Crippen LogP contribution >= 0.6 is 15.9 Å². The Morgan fingerprint density at radius 2 is 2.00 bits per heavy atom. The fraction of sp³-hybridized carbons (Fsp3) is 0.500. The molecule has 1 aromatic rings. The first-order chi connectivity index (χ1) is 9.84. The molecular formula is C14H18BrNO4S. The van der Waals surface area contributed by atoms with Crippen LogP contribution in [0.3, 0.4) is 0 Å². The molecule has 0 spiro atoms. The van der Waals surface area contributed by atoms with Gasteiger partial charge in [0.2, 0.25) is 10.0 Å². The highest BCUT2D eigenvalue weighted by Gasteiger charge is 2.52. The third-order valence-corrected chi connectivity index (χ3v) is 6.40. The van der Waals surface area contributed by atoms with Crippen molar-refractivity contribution in [1.29, 1.82) is 0 Å². The Morgan fingerprint density at radius 3 is 2.52 bits per heavy atom. The van der Waals surface area contributed by atoms with Crippen LogP contribution in [0.5, 0.6) is 0 Å². The first kappa shape index (κ1) is 16.5. The molecule has 0 amide bonds. The van der Waals surface area contributed by atoms with Crippen molar-refractivity contribution in [3.8, 4) is 0 Å². The molecule has 0 aromatic heterocycles. The Hall–Kier alpha value is -0.920. The number of nitrogens with zero attached hydrogens (tertiary/aromatic N) is 1. The Balaban J connectivity index is 2.47. The monoisotopic (exact) mass is 375 g/mol. The number of aliphatic carboxylic acids is 1. The van der Waals surface area contributed by atoms with Crippen LogP contribution in [0, 0.1) is 0 Å². The first-order valence-electron chi connectivity index (χ1n) is 6.86. The average molecular weight is 376 g/mol. The minimum Gasteiger partial charge on any atom is -0.480 e. The standard InChI is InChI=1S/C14H18BrNO4S/c1-2-8-14(13(17)18)9-3-10-16(14)21(19,20)12-6-4-11(15)5-7-12/h4-7H,2-3,8-10H2,1H3,(H,17,18). The summed E-state index contributed by atoms with van der Waals surface area (Å²) in [7, 11) is -3.80. The van der Waals surface area contributed by atoms with Gasteiger partial charge in [0.1, 0.15) is 5.54 Å². The van der Waals surface area contributed by atoms with Crippen LogP contribution in [0.4, 0.5) is 0 Å². The van der Waals surface area contributed by atoms with Gasteiger partial charge in [-0.15, -0.1) is 0 Å². The lowest BCUT2D eigenvalue weighted by atomic mass is 9.92. The molecule has 0 radical (unpaired) electrons. The van der Waals surface area contributed by atoms with Crippen molar-refractivity contribution in [2.45, 2.75) is 43.0 Å². The minimum absolute atomic E-state index is 0.134. The van der Waals surface area contributed by atoms with Gasteiger partial charge in [0.25, 0.3) is 0 Å². The molecule has 0 aliphatic carbocycles. The molecule has 1 unspecified atom stereocenters. The zero-order valence-corrected chi connectivity index (χ0v) is 14.2. The van der Waals surface area contributed by atoms with Crippen LogP contribution in [0.2, 0.25) is 0 Å². The average Bonchev–Trinajstić information content (AvgIpc) is 2.85. The van der Waals surface area contributed by atoms with Crippen LogP contribution < -0.4 is 0 Å². The van der Waals surface area contributed by atoms with Gasteiger partial charge in [-0.3, -0.25) is 4.79 Å². The van der Waals surface area contributed by atoms with E-state index in [1.807, 2.05) is 6.92 Å². The van der Waals surface area contributed by atoms with Crippen molar-refractivity contribution in [2.75, 3.05) is 6.54 Å². The molecule has 1 aliphatic heterocycles. The number of benzene rings is 1. The summed E-state index contributed by atoms with van der Waals surface area (Å²) in [5.41, 5.74) is -1.30. The lowest BCUT2D eigenvalue weighted by Crippen LogP contribution is -2.52. The van der Waals surface area contributed by atoms with Gasteiger partial charge in [0.05, 0.1) is 4.90 Å². The van der Waals surface area contributed by atoms with Gasteiger partial charge in [-0.2, -0.15) is 4.31 Å². The van der Waals surface area contributed by atoms with Crippen molar-refractivity contribution in [2.24, 2.45) is 0 Å². The molecule has 1 atom stereocenters. The molecule has 1 heterocycles. The number of hydrogen-bond acceptors (Lipinski definition) is 3. The van der Waals surface area contributed by atoms with E-state index in [1.165, 1.54) is 16.4 Å². The second kappa shape index (κ2) is 6.06. The molecule has 2 rings (SSSR count). The predicted octanol–water partition coefficient (Wildman–Crippen LogP) is 2.86. The van der Waals surface area contributed by atoms with Crippen LogP contribution in [0.15, 0.2) is 33.6 Å². The number of hydrogen-bond donors (Lipinski definition) is 1. The van der Waals surface area contributed by atoms with E-state index in [0.717, 1.165) is 4.47 Å². The third kappa shape index (κ3) is 2.86. The molecule has 116 valence electrons. The maximum Gasteiger partial charge on any atom is 0.325 e.